The van der Waals surface area contributed by atoms with Crippen LogP contribution < -0.4 is 0 Å². The zero-order valence-electron chi connectivity index (χ0n) is 11.4. The van der Waals surface area contributed by atoms with Gasteiger partial charge in [0.25, 0.3) is 0 Å². The van der Waals surface area contributed by atoms with E-state index in [1.807, 2.05) is 20.8 Å². The molecule has 1 rings (SSSR count). The van der Waals surface area contributed by atoms with Gasteiger partial charge in [0.1, 0.15) is 5.60 Å². The molecule has 100 valence electrons. The maximum atomic E-state index is 12.1. The molecule has 0 aliphatic carbocycles. The molecule has 1 N–H and O–H groups in total. The van der Waals surface area contributed by atoms with E-state index in [-0.39, 0.29) is 24.7 Å². The molecule has 1 unspecified atom stereocenters. The average molecular weight is 243 g/mol. The normalized spacial score (nSPS) is 25.8. The van der Waals surface area contributed by atoms with E-state index in [1.165, 1.54) is 0 Å². The SMILES string of the molecule is CCC1CC[C@H](CO)CN1C(=O)OC(C)(C)C. The molecule has 0 aromatic rings. The number of likely N-dealkylation sites (tertiary alicyclic amines) is 1. The summed E-state index contributed by atoms with van der Waals surface area (Å²) in [6.45, 7) is 8.47. The molecule has 4 heteroatoms. The molecule has 1 aliphatic rings. The van der Waals surface area contributed by atoms with Gasteiger partial charge in [0, 0.05) is 19.2 Å². The van der Waals surface area contributed by atoms with Crippen LogP contribution >= 0.6 is 0 Å². The van der Waals surface area contributed by atoms with Crippen molar-refractivity contribution in [2.45, 2.75) is 58.6 Å². The summed E-state index contributed by atoms with van der Waals surface area (Å²) in [5.41, 5.74) is -0.457. The van der Waals surface area contributed by atoms with Crippen LogP contribution in [0.1, 0.15) is 47.0 Å². The smallest absolute Gasteiger partial charge is 0.410 e. The van der Waals surface area contributed by atoms with Gasteiger partial charge in [-0.05, 0) is 46.0 Å². The number of aliphatic hydroxyl groups is 1. The van der Waals surface area contributed by atoms with E-state index >= 15 is 0 Å². The van der Waals surface area contributed by atoms with Crippen LogP contribution in [0, 0.1) is 5.92 Å². The number of rotatable bonds is 2. The molecule has 0 spiro atoms. The molecule has 1 saturated heterocycles. The minimum absolute atomic E-state index is 0.149. The summed E-state index contributed by atoms with van der Waals surface area (Å²) in [6, 6.07) is 0.257. The lowest BCUT2D eigenvalue weighted by molar-refractivity contribution is -0.00205. The van der Waals surface area contributed by atoms with Gasteiger partial charge in [-0.15, -0.1) is 0 Å². The highest BCUT2D eigenvalue weighted by Gasteiger charge is 2.32. The Balaban J connectivity index is 2.66. The van der Waals surface area contributed by atoms with Crippen LogP contribution in [0.5, 0.6) is 0 Å². The van der Waals surface area contributed by atoms with Crippen molar-refractivity contribution in [2.75, 3.05) is 13.2 Å². The number of carbonyl (C=O) groups excluding carboxylic acids is 1. The summed E-state index contributed by atoms with van der Waals surface area (Å²) >= 11 is 0. The predicted octanol–water partition coefficient (Wildman–Crippen LogP) is 2.40. The molecule has 0 aromatic carbocycles. The second-order valence-electron chi connectivity index (χ2n) is 5.82. The number of aliphatic hydroxyl groups excluding tert-OH is 1. The molecule has 0 radical (unpaired) electrons. The molecular weight excluding hydrogens is 218 g/mol. The van der Waals surface area contributed by atoms with E-state index in [0.717, 1.165) is 19.3 Å². The summed E-state index contributed by atoms with van der Waals surface area (Å²) in [6.07, 6.45) is 2.65. The third kappa shape index (κ3) is 4.19. The molecule has 0 aromatic heterocycles. The van der Waals surface area contributed by atoms with Crippen molar-refractivity contribution in [2.24, 2.45) is 5.92 Å². The lowest BCUT2D eigenvalue weighted by Gasteiger charge is -2.39. The molecule has 1 heterocycles. The third-order valence-electron chi connectivity index (χ3n) is 3.16. The largest absolute Gasteiger partial charge is 0.444 e. The minimum Gasteiger partial charge on any atom is -0.444 e. The fourth-order valence-electron chi connectivity index (χ4n) is 2.22. The highest BCUT2D eigenvalue weighted by molar-refractivity contribution is 5.68. The first-order valence-electron chi connectivity index (χ1n) is 6.47. The topological polar surface area (TPSA) is 49.8 Å². The molecule has 2 atom stereocenters. The fraction of sp³-hybridized carbons (Fsp3) is 0.923. The summed E-state index contributed by atoms with van der Waals surface area (Å²) in [7, 11) is 0. The zero-order chi connectivity index (χ0) is 13.1. The molecule has 1 amide bonds. The fourth-order valence-corrected chi connectivity index (χ4v) is 2.22. The highest BCUT2D eigenvalue weighted by Crippen LogP contribution is 2.25. The number of carbonyl (C=O) groups is 1. The van der Waals surface area contributed by atoms with Crippen molar-refractivity contribution >= 4 is 6.09 Å². The van der Waals surface area contributed by atoms with E-state index in [4.69, 9.17) is 4.74 Å². The van der Waals surface area contributed by atoms with Gasteiger partial charge < -0.3 is 14.7 Å². The van der Waals surface area contributed by atoms with Crippen LogP contribution in [0.4, 0.5) is 4.79 Å². The minimum atomic E-state index is -0.457. The Morgan fingerprint density at radius 3 is 2.53 bits per heavy atom. The quantitative estimate of drug-likeness (QED) is 0.810. The van der Waals surface area contributed by atoms with Gasteiger partial charge in [-0.25, -0.2) is 4.79 Å². The molecule has 1 fully saturated rings. The number of amides is 1. The number of hydrogen-bond acceptors (Lipinski definition) is 3. The van der Waals surface area contributed by atoms with Crippen molar-refractivity contribution in [1.82, 2.24) is 4.90 Å². The summed E-state index contributed by atoms with van der Waals surface area (Å²) < 4.78 is 5.41. The zero-order valence-corrected chi connectivity index (χ0v) is 11.4. The van der Waals surface area contributed by atoms with E-state index in [2.05, 4.69) is 6.92 Å². The molecule has 0 saturated carbocycles. The summed E-state index contributed by atoms with van der Waals surface area (Å²) in [5, 5.41) is 9.20. The van der Waals surface area contributed by atoms with Gasteiger partial charge in [-0.3, -0.25) is 0 Å². The molecule has 0 bridgehead atoms. The van der Waals surface area contributed by atoms with Crippen LogP contribution in [0.2, 0.25) is 0 Å². The lowest BCUT2D eigenvalue weighted by Crippen LogP contribution is -2.49. The van der Waals surface area contributed by atoms with Gasteiger partial charge in [-0.2, -0.15) is 0 Å². The monoisotopic (exact) mass is 243 g/mol. The Morgan fingerprint density at radius 2 is 2.06 bits per heavy atom. The van der Waals surface area contributed by atoms with E-state index in [9.17, 15) is 9.90 Å². The van der Waals surface area contributed by atoms with E-state index < -0.39 is 5.60 Å². The second kappa shape index (κ2) is 5.71. The standard InChI is InChI=1S/C13H25NO3/c1-5-11-7-6-10(9-15)8-14(11)12(16)17-13(2,3)4/h10-11,15H,5-9H2,1-4H3/t10-,11?/m0/s1. The van der Waals surface area contributed by atoms with Crippen molar-refractivity contribution in [3.8, 4) is 0 Å². The number of piperidine rings is 1. The van der Waals surface area contributed by atoms with Crippen molar-refractivity contribution in [1.29, 1.82) is 0 Å². The van der Waals surface area contributed by atoms with Gasteiger partial charge in [-0.1, -0.05) is 6.92 Å². The van der Waals surface area contributed by atoms with Gasteiger partial charge >= 0.3 is 6.09 Å². The molecular formula is C13H25NO3. The second-order valence-corrected chi connectivity index (χ2v) is 5.82. The van der Waals surface area contributed by atoms with E-state index in [1.54, 1.807) is 4.90 Å². The Hall–Kier alpha value is -0.770. The van der Waals surface area contributed by atoms with Crippen LogP contribution in [-0.2, 0) is 4.74 Å². The molecule has 4 nitrogen and oxygen atoms in total. The molecule has 17 heavy (non-hydrogen) atoms. The van der Waals surface area contributed by atoms with Gasteiger partial charge in [0.05, 0.1) is 0 Å². The number of ether oxygens (including phenoxy) is 1. The summed E-state index contributed by atoms with van der Waals surface area (Å²) in [5.74, 6) is 0.199. The predicted molar refractivity (Wildman–Crippen MR) is 66.8 cm³/mol. The van der Waals surface area contributed by atoms with Gasteiger partial charge in [0.15, 0.2) is 0 Å². The first kappa shape index (κ1) is 14.3. The number of nitrogens with zero attached hydrogens (tertiary/aromatic N) is 1. The Morgan fingerprint density at radius 1 is 1.41 bits per heavy atom. The highest BCUT2D eigenvalue weighted by atomic mass is 16.6. The van der Waals surface area contributed by atoms with Crippen molar-refractivity contribution in [3.63, 3.8) is 0 Å². The maximum Gasteiger partial charge on any atom is 0.410 e. The van der Waals surface area contributed by atoms with Gasteiger partial charge in [0.2, 0.25) is 0 Å². The maximum absolute atomic E-state index is 12.1. The summed E-state index contributed by atoms with van der Waals surface area (Å²) in [4.78, 5) is 13.9. The van der Waals surface area contributed by atoms with Crippen LogP contribution in [0.25, 0.3) is 0 Å². The molecule has 1 aliphatic heterocycles. The lowest BCUT2D eigenvalue weighted by atomic mass is 9.92. The first-order valence-corrected chi connectivity index (χ1v) is 6.47. The Bertz CT molecular complexity index is 260. The van der Waals surface area contributed by atoms with Crippen molar-refractivity contribution in [3.05, 3.63) is 0 Å². The Labute approximate surface area is 104 Å². The first-order chi connectivity index (χ1) is 7.87. The van der Waals surface area contributed by atoms with E-state index in [0.29, 0.717) is 6.54 Å². The van der Waals surface area contributed by atoms with Crippen LogP contribution in [0.15, 0.2) is 0 Å². The Kier molecular flexibility index (Phi) is 4.80. The third-order valence-corrected chi connectivity index (χ3v) is 3.16. The van der Waals surface area contributed by atoms with Crippen LogP contribution in [-0.4, -0.2) is 40.9 Å². The number of hydrogen-bond donors (Lipinski definition) is 1. The van der Waals surface area contributed by atoms with Crippen LogP contribution in [0.3, 0.4) is 0 Å². The average Bonchev–Trinajstić information content (AvgIpc) is 2.25. The van der Waals surface area contributed by atoms with Crippen molar-refractivity contribution < 1.29 is 14.6 Å².